The van der Waals surface area contributed by atoms with Crippen molar-refractivity contribution in [1.82, 2.24) is 20.3 Å². The number of hydrogen-bond donors (Lipinski definition) is 2. The van der Waals surface area contributed by atoms with Gasteiger partial charge in [-0.3, -0.25) is 9.59 Å². The standard InChI is InChI=1S/C18H15FN4O2/c19-11-4-5-12-10(6-11)2-1-3-14(12)23-18(25)15-7-13-16(8-20-15)21-9-22-17(13)24/h4-9,14H,1-3H2,(H,23,25)(H,21,22,24). The van der Waals surface area contributed by atoms with Gasteiger partial charge in [-0.25, -0.2) is 14.4 Å². The average molecular weight is 338 g/mol. The van der Waals surface area contributed by atoms with Crippen LogP contribution in [0.1, 0.15) is 40.5 Å². The summed E-state index contributed by atoms with van der Waals surface area (Å²) in [6, 6.07) is 5.89. The molecule has 4 rings (SSSR count). The Balaban J connectivity index is 1.63. The first kappa shape index (κ1) is 15.4. The third-order valence-electron chi connectivity index (χ3n) is 4.48. The van der Waals surface area contributed by atoms with Crippen LogP contribution in [0, 0.1) is 5.82 Å². The van der Waals surface area contributed by atoms with Crippen molar-refractivity contribution in [3.05, 3.63) is 69.8 Å². The number of hydrogen-bond acceptors (Lipinski definition) is 4. The molecular weight excluding hydrogens is 323 g/mol. The molecule has 0 spiro atoms. The number of carbonyl (C=O) groups is 1. The Kier molecular flexibility index (Phi) is 3.76. The highest BCUT2D eigenvalue weighted by Crippen LogP contribution is 2.30. The van der Waals surface area contributed by atoms with Gasteiger partial charge in [0.25, 0.3) is 11.5 Å². The van der Waals surface area contributed by atoms with Crippen LogP contribution in [0.4, 0.5) is 4.39 Å². The quantitative estimate of drug-likeness (QED) is 0.750. The lowest BCUT2D eigenvalue weighted by atomic mass is 9.87. The van der Waals surface area contributed by atoms with Gasteiger partial charge in [0.05, 0.1) is 29.5 Å². The van der Waals surface area contributed by atoms with Crippen molar-refractivity contribution in [1.29, 1.82) is 0 Å². The van der Waals surface area contributed by atoms with Crippen LogP contribution in [-0.4, -0.2) is 20.9 Å². The summed E-state index contributed by atoms with van der Waals surface area (Å²) in [5.74, 6) is -0.638. The van der Waals surface area contributed by atoms with Gasteiger partial charge in [0.1, 0.15) is 11.5 Å². The van der Waals surface area contributed by atoms with Gasteiger partial charge in [-0.2, -0.15) is 0 Å². The maximum Gasteiger partial charge on any atom is 0.270 e. The average Bonchev–Trinajstić information content (AvgIpc) is 2.61. The second kappa shape index (κ2) is 6.08. The van der Waals surface area contributed by atoms with E-state index in [1.807, 2.05) is 0 Å². The van der Waals surface area contributed by atoms with Crippen LogP contribution in [0.25, 0.3) is 10.9 Å². The zero-order chi connectivity index (χ0) is 17.4. The van der Waals surface area contributed by atoms with Gasteiger partial charge < -0.3 is 10.3 Å². The first-order valence-corrected chi connectivity index (χ1v) is 8.04. The first-order chi connectivity index (χ1) is 12.1. The molecule has 2 heterocycles. The Morgan fingerprint density at radius 3 is 3.04 bits per heavy atom. The van der Waals surface area contributed by atoms with Gasteiger partial charge >= 0.3 is 0 Å². The van der Waals surface area contributed by atoms with Gasteiger partial charge in [0.2, 0.25) is 0 Å². The van der Waals surface area contributed by atoms with Crippen molar-refractivity contribution in [2.75, 3.05) is 0 Å². The summed E-state index contributed by atoms with van der Waals surface area (Å²) in [5.41, 5.74) is 2.11. The van der Waals surface area contributed by atoms with Crippen molar-refractivity contribution in [2.24, 2.45) is 0 Å². The number of nitrogens with one attached hydrogen (secondary N) is 2. The highest BCUT2D eigenvalue weighted by Gasteiger charge is 2.23. The summed E-state index contributed by atoms with van der Waals surface area (Å²) < 4.78 is 13.4. The SMILES string of the molecule is O=C(NC1CCCc2cc(F)ccc21)c1cc2c(=O)[nH]cnc2cn1. The van der Waals surface area contributed by atoms with Crippen LogP contribution in [0.5, 0.6) is 0 Å². The van der Waals surface area contributed by atoms with Crippen LogP contribution in [0.15, 0.2) is 41.6 Å². The summed E-state index contributed by atoms with van der Waals surface area (Å²) in [7, 11) is 0. The number of aromatic nitrogens is 3. The van der Waals surface area contributed by atoms with Gasteiger partial charge in [0, 0.05) is 0 Å². The summed E-state index contributed by atoms with van der Waals surface area (Å²) in [6.07, 6.45) is 5.15. The molecule has 1 aromatic carbocycles. The molecule has 0 radical (unpaired) electrons. The van der Waals surface area contributed by atoms with Crippen molar-refractivity contribution in [3.63, 3.8) is 0 Å². The first-order valence-electron chi connectivity index (χ1n) is 8.04. The van der Waals surface area contributed by atoms with E-state index >= 15 is 0 Å². The van der Waals surface area contributed by atoms with E-state index in [4.69, 9.17) is 0 Å². The molecule has 1 unspecified atom stereocenters. The fourth-order valence-corrected chi connectivity index (χ4v) is 3.26. The van der Waals surface area contributed by atoms with Gasteiger partial charge in [-0.15, -0.1) is 0 Å². The summed E-state index contributed by atoms with van der Waals surface area (Å²) in [5, 5.41) is 3.25. The Hall–Kier alpha value is -3.09. The molecule has 7 heteroatoms. The summed E-state index contributed by atoms with van der Waals surface area (Å²) in [4.78, 5) is 35.0. The van der Waals surface area contributed by atoms with E-state index in [0.717, 1.165) is 30.4 Å². The van der Waals surface area contributed by atoms with Crippen molar-refractivity contribution in [2.45, 2.75) is 25.3 Å². The van der Waals surface area contributed by atoms with Crippen molar-refractivity contribution < 1.29 is 9.18 Å². The largest absolute Gasteiger partial charge is 0.344 e. The zero-order valence-electron chi connectivity index (χ0n) is 13.3. The lowest BCUT2D eigenvalue weighted by Crippen LogP contribution is -2.31. The number of benzene rings is 1. The lowest BCUT2D eigenvalue weighted by Gasteiger charge is -2.26. The molecule has 0 fully saturated rings. The van der Waals surface area contributed by atoms with Crippen LogP contribution in [0.2, 0.25) is 0 Å². The van der Waals surface area contributed by atoms with Crippen LogP contribution >= 0.6 is 0 Å². The van der Waals surface area contributed by atoms with E-state index in [0.29, 0.717) is 10.9 Å². The van der Waals surface area contributed by atoms with Crippen LogP contribution in [0.3, 0.4) is 0 Å². The molecule has 3 aromatic rings. The monoisotopic (exact) mass is 338 g/mol. The van der Waals surface area contributed by atoms with E-state index in [1.165, 1.54) is 30.7 Å². The number of aryl methyl sites for hydroxylation is 1. The highest BCUT2D eigenvalue weighted by molar-refractivity contribution is 5.95. The van der Waals surface area contributed by atoms with E-state index in [-0.39, 0.29) is 29.0 Å². The third kappa shape index (κ3) is 2.88. The highest BCUT2D eigenvalue weighted by atomic mass is 19.1. The Morgan fingerprint density at radius 2 is 2.16 bits per heavy atom. The van der Waals surface area contributed by atoms with Crippen LogP contribution in [-0.2, 0) is 6.42 Å². The summed E-state index contributed by atoms with van der Waals surface area (Å²) >= 11 is 0. The predicted octanol–water partition coefficient (Wildman–Crippen LogP) is 2.26. The fourth-order valence-electron chi connectivity index (χ4n) is 3.26. The van der Waals surface area contributed by atoms with Crippen molar-refractivity contribution >= 4 is 16.8 Å². The van der Waals surface area contributed by atoms with E-state index in [2.05, 4.69) is 20.3 Å². The number of carbonyl (C=O) groups excluding carboxylic acids is 1. The lowest BCUT2D eigenvalue weighted by molar-refractivity contribution is 0.0928. The Morgan fingerprint density at radius 1 is 1.28 bits per heavy atom. The zero-order valence-corrected chi connectivity index (χ0v) is 13.3. The van der Waals surface area contributed by atoms with E-state index in [9.17, 15) is 14.0 Å². The molecular formula is C18H15FN4O2. The second-order valence-corrected chi connectivity index (χ2v) is 6.08. The smallest absolute Gasteiger partial charge is 0.270 e. The predicted molar refractivity (Wildman–Crippen MR) is 89.7 cm³/mol. The number of pyridine rings is 1. The molecule has 1 aliphatic rings. The van der Waals surface area contributed by atoms with Gasteiger partial charge in [0.15, 0.2) is 0 Å². The van der Waals surface area contributed by atoms with Gasteiger partial charge in [-0.1, -0.05) is 6.07 Å². The Labute approximate surface area is 142 Å². The van der Waals surface area contributed by atoms with Gasteiger partial charge in [-0.05, 0) is 48.6 Å². The number of rotatable bonds is 2. The molecule has 2 aromatic heterocycles. The minimum Gasteiger partial charge on any atom is -0.344 e. The molecule has 0 bridgehead atoms. The van der Waals surface area contributed by atoms with Crippen LogP contribution < -0.4 is 10.9 Å². The number of H-pyrrole nitrogens is 1. The summed E-state index contributed by atoms with van der Waals surface area (Å²) in [6.45, 7) is 0. The van der Waals surface area contributed by atoms with E-state index in [1.54, 1.807) is 6.07 Å². The van der Waals surface area contributed by atoms with Crippen molar-refractivity contribution in [3.8, 4) is 0 Å². The number of aromatic amines is 1. The van der Waals surface area contributed by atoms with E-state index < -0.39 is 0 Å². The fraction of sp³-hybridized carbons (Fsp3) is 0.222. The molecule has 25 heavy (non-hydrogen) atoms. The second-order valence-electron chi connectivity index (χ2n) is 6.08. The normalized spacial score (nSPS) is 16.4. The number of nitrogens with zero attached hydrogens (tertiary/aromatic N) is 2. The molecule has 1 aliphatic carbocycles. The molecule has 1 atom stereocenters. The molecule has 6 nitrogen and oxygen atoms in total. The minimum absolute atomic E-state index is 0.153. The maximum atomic E-state index is 13.4. The molecule has 0 saturated carbocycles. The number of fused-ring (bicyclic) bond motifs is 2. The topological polar surface area (TPSA) is 87.7 Å². The third-order valence-corrected chi connectivity index (χ3v) is 4.48. The Bertz CT molecular complexity index is 1030. The molecule has 0 aliphatic heterocycles. The number of amides is 1. The number of halogens is 1. The molecule has 2 N–H and O–H groups in total. The minimum atomic E-state index is -0.368. The molecule has 1 amide bonds. The maximum absolute atomic E-state index is 13.4. The molecule has 0 saturated heterocycles. The molecule has 126 valence electrons.